The van der Waals surface area contributed by atoms with Crippen molar-refractivity contribution in [3.05, 3.63) is 53.2 Å². The molecule has 2 aromatic rings. The Bertz CT molecular complexity index is 729. The number of nitrogens with one attached hydrogen (secondary N) is 1. The lowest BCUT2D eigenvalue weighted by Crippen LogP contribution is -2.36. The Balaban J connectivity index is 1.71. The molecule has 0 saturated carbocycles. The monoisotopic (exact) mass is 323 g/mol. The molecule has 1 aromatic heterocycles. The summed E-state index contributed by atoms with van der Waals surface area (Å²) in [6.45, 7) is 3.31. The van der Waals surface area contributed by atoms with Crippen molar-refractivity contribution < 1.29 is 4.79 Å². The Kier molecular flexibility index (Phi) is 5.15. The van der Waals surface area contributed by atoms with Crippen LogP contribution in [0.15, 0.2) is 41.5 Å². The van der Waals surface area contributed by atoms with Crippen molar-refractivity contribution in [1.29, 1.82) is 0 Å². The van der Waals surface area contributed by atoms with Gasteiger partial charge in [-0.25, -0.2) is 0 Å². The van der Waals surface area contributed by atoms with Crippen LogP contribution < -0.4 is 5.43 Å². The van der Waals surface area contributed by atoms with E-state index in [2.05, 4.69) is 27.6 Å². The number of rotatable bonds is 5. The van der Waals surface area contributed by atoms with Crippen LogP contribution in [0.1, 0.15) is 41.4 Å². The van der Waals surface area contributed by atoms with Gasteiger partial charge in [0.1, 0.15) is 0 Å². The molecule has 24 heavy (non-hydrogen) atoms. The van der Waals surface area contributed by atoms with Gasteiger partial charge in [0.05, 0.1) is 5.69 Å². The number of carbonyl (C=O) groups excluding carboxylic acids is 1. The first-order valence-corrected chi connectivity index (χ1v) is 8.25. The molecule has 0 radical (unpaired) electrons. The summed E-state index contributed by atoms with van der Waals surface area (Å²) in [5.74, 6) is 0.656. The molecule has 124 valence electrons. The van der Waals surface area contributed by atoms with Crippen LogP contribution in [-0.4, -0.2) is 33.8 Å². The molecule has 2 heterocycles. The number of nitrogens with zero attached hydrogens (tertiary/aromatic N) is 4. The number of aromatic nitrogens is 2. The lowest BCUT2D eigenvalue weighted by molar-refractivity contribution is 0.0733. The number of unbranched alkanes of at least 4 members (excludes halogenated alkanes) is 1. The summed E-state index contributed by atoms with van der Waals surface area (Å²) in [5.41, 5.74) is 5.59. The smallest absolute Gasteiger partial charge is 0.254 e. The van der Waals surface area contributed by atoms with Gasteiger partial charge in [0.15, 0.2) is 5.82 Å². The fourth-order valence-electron chi connectivity index (χ4n) is 2.63. The molecule has 1 N–H and O–H groups in total. The SMILES string of the molecule is CCCC=NNc1cc2c(nn1)CCN(C(=O)c1ccccc1)C2. The van der Waals surface area contributed by atoms with E-state index >= 15 is 0 Å². The van der Waals surface area contributed by atoms with E-state index < -0.39 is 0 Å². The maximum atomic E-state index is 12.6. The van der Waals surface area contributed by atoms with E-state index in [0.29, 0.717) is 24.5 Å². The first kappa shape index (κ1) is 16.1. The van der Waals surface area contributed by atoms with Crippen LogP contribution in [0, 0.1) is 0 Å². The predicted octanol–water partition coefficient (Wildman–Crippen LogP) is 2.87. The molecule has 1 aliphatic rings. The molecular formula is C18H21N5O. The normalized spacial score (nSPS) is 13.8. The van der Waals surface area contributed by atoms with Crippen LogP contribution in [0.4, 0.5) is 5.82 Å². The van der Waals surface area contributed by atoms with Crippen molar-refractivity contribution in [2.24, 2.45) is 5.10 Å². The van der Waals surface area contributed by atoms with Gasteiger partial charge in [0.2, 0.25) is 0 Å². The number of anilines is 1. The lowest BCUT2D eigenvalue weighted by Gasteiger charge is -2.28. The molecule has 0 aliphatic carbocycles. The van der Waals surface area contributed by atoms with Crippen molar-refractivity contribution in [3.63, 3.8) is 0 Å². The molecule has 1 aliphatic heterocycles. The average Bonchev–Trinajstić information content (AvgIpc) is 2.65. The molecule has 0 unspecified atom stereocenters. The first-order chi connectivity index (χ1) is 11.8. The summed E-state index contributed by atoms with van der Waals surface area (Å²) in [6.07, 6.45) is 4.52. The van der Waals surface area contributed by atoms with Crippen molar-refractivity contribution in [1.82, 2.24) is 15.1 Å². The third-order valence-electron chi connectivity index (χ3n) is 3.94. The molecule has 1 amide bonds. The molecule has 6 heteroatoms. The van der Waals surface area contributed by atoms with Gasteiger partial charge in [-0.2, -0.15) is 10.2 Å². The van der Waals surface area contributed by atoms with Gasteiger partial charge in [-0.3, -0.25) is 10.2 Å². The van der Waals surface area contributed by atoms with Gasteiger partial charge < -0.3 is 4.90 Å². The fourth-order valence-corrected chi connectivity index (χ4v) is 2.63. The number of carbonyl (C=O) groups is 1. The number of hydrogen-bond acceptors (Lipinski definition) is 5. The van der Waals surface area contributed by atoms with Crippen LogP contribution in [-0.2, 0) is 13.0 Å². The standard InChI is InChI=1S/C18H21N5O/c1-2-3-10-19-21-17-12-15-13-23(11-9-16(15)20-22-17)18(24)14-7-5-4-6-8-14/h4-8,10,12H,2-3,9,11,13H2,1H3,(H,21,22). The molecular weight excluding hydrogens is 302 g/mol. The first-order valence-electron chi connectivity index (χ1n) is 8.25. The summed E-state index contributed by atoms with van der Waals surface area (Å²) in [7, 11) is 0. The number of hydrogen-bond donors (Lipinski definition) is 1. The van der Waals surface area contributed by atoms with Gasteiger partial charge in [-0.15, -0.1) is 5.10 Å². The predicted molar refractivity (Wildman–Crippen MR) is 93.9 cm³/mol. The van der Waals surface area contributed by atoms with E-state index in [9.17, 15) is 4.79 Å². The van der Waals surface area contributed by atoms with E-state index in [-0.39, 0.29) is 5.91 Å². The van der Waals surface area contributed by atoms with Crippen molar-refractivity contribution in [3.8, 4) is 0 Å². The Hall–Kier alpha value is -2.76. The highest BCUT2D eigenvalue weighted by Gasteiger charge is 2.23. The molecule has 1 aromatic carbocycles. The van der Waals surface area contributed by atoms with Gasteiger partial charge >= 0.3 is 0 Å². The molecule has 0 spiro atoms. The highest BCUT2D eigenvalue weighted by molar-refractivity contribution is 5.94. The van der Waals surface area contributed by atoms with E-state index in [1.807, 2.05) is 47.5 Å². The Morgan fingerprint density at radius 1 is 1.33 bits per heavy atom. The van der Waals surface area contributed by atoms with Gasteiger partial charge in [-0.1, -0.05) is 31.5 Å². The minimum atomic E-state index is 0.0496. The number of hydrazone groups is 1. The zero-order valence-electron chi connectivity index (χ0n) is 13.8. The molecule has 0 saturated heterocycles. The van der Waals surface area contributed by atoms with Crippen LogP contribution >= 0.6 is 0 Å². The minimum absolute atomic E-state index is 0.0496. The molecule has 6 nitrogen and oxygen atoms in total. The van der Waals surface area contributed by atoms with Gasteiger partial charge in [0.25, 0.3) is 5.91 Å². The second kappa shape index (κ2) is 7.68. The molecule has 0 fully saturated rings. The summed E-state index contributed by atoms with van der Waals surface area (Å²) in [4.78, 5) is 14.4. The van der Waals surface area contributed by atoms with E-state index in [1.165, 1.54) is 0 Å². The molecule has 3 rings (SSSR count). The van der Waals surface area contributed by atoms with E-state index in [1.54, 1.807) is 0 Å². The lowest BCUT2D eigenvalue weighted by atomic mass is 10.1. The summed E-state index contributed by atoms with van der Waals surface area (Å²) < 4.78 is 0. The largest absolute Gasteiger partial charge is 0.334 e. The van der Waals surface area contributed by atoms with Crippen LogP contribution in [0.2, 0.25) is 0 Å². The maximum absolute atomic E-state index is 12.6. The highest BCUT2D eigenvalue weighted by atomic mass is 16.2. The van der Waals surface area contributed by atoms with E-state index in [0.717, 1.165) is 30.5 Å². The number of amides is 1. The zero-order chi connectivity index (χ0) is 16.8. The zero-order valence-corrected chi connectivity index (χ0v) is 13.8. The summed E-state index contributed by atoms with van der Waals surface area (Å²) >= 11 is 0. The maximum Gasteiger partial charge on any atom is 0.254 e. The van der Waals surface area contributed by atoms with E-state index in [4.69, 9.17) is 0 Å². The summed E-state index contributed by atoms with van der Waals surface area (Å²) in [5, 5.41) is 12.5. The number of benzene rings is 1. The minimum Gasteiger partial charge on any atom is -0.334 e. The van der Waals surface area contributed by atoms with Crippen LogP contribution in [0.5, 0.6) is 0 Å². The Morgan fingerprint density at radius 3 is 2.96 bits per heavy atom. The third kappa shape index (κ3) is 3.76. The third-order valence-corrected chi connectivity index (χ3v) is 3.94. The molecule has 0 atom stereocenters. The second-order valence-corrected chi connectivity index (χ2v) is 5.76. The van der Waals surface area contributed by atoms with Crippen LogP contribution in [0.25, 0.3) is 0 Å². The van der Waals surface area contributed by atoms with Gasteiger partial charge in [-0.05, 0) is 30.2 Å². The van der Waals surface area contributed by atoms with Crippen molar-refractivity contribution in [2.75, 3.05) is 12.0 Å². The van der Waals surface area contributed by atoms with Crippen LogP contribution in [0.3, 0.4) is 0 Å². The topological polar surface area (TPSA) is 70.5 Å². The van der Waals surface area contributed by atoms with Gasteiger partial charge in [0, 0.05) is 31.3 Å². The second-order valence-electron chi connectivity index (χ2n) is 5.76. The molecule has 0 bridgehead atoms. The Labute approximate surface area is 141 Å². The van der Waals surface area contributed by atoms with Crippen molar-refractivity contribution >= 4 is 17.9 Å². The Morgan fingerprint density at radius 2 is 2.17 bits per heavy atom. The fraction of sp³-hybridized carbons (Fsp3) is 0.333. The summed E-state index contributed by atoms with van der Waals surface area (Å²) in [6, 6.07) is 11.3. The number of fused-ring (bicyclic) bond motifs is 1. The quantitative estimate of drug-likeness (QED) is 0.678. The average molecular weight is 323 g/mol. The van der Waals surface area contributed by atoms with Crippen molar-refractivity contribution in [2.45, 2.75) is 32.7 Å². The highest BCUT2D eigenvalue weighted by Crippen LogP contribution is 2.20.